The average molecular weight is 497 g/mol. The molecule has 3 rings (SSSR count). The molecule has 2 aromatic carbocycles. The third kappa shape index (κ3) is 6.03. The Labute approximate surface area is 189 Å². The predicted octanol–water partition coefficient (Wildman–Crippen LogP) is 4.31. The molecule has 1 aliphatic heterocycles. The van der Waals surface area contributed by atoms with Gasteiger partial charge in [-0.3, -0.25) is 14.5 Å². The summed E-state index contributed by atoms with van der Waals surface area (Å²) in [6, 6.07) is 11.3. The number of hydrogen-bond donors (Lipinski definition) is 2. The van der Waals surface area contributed by atoms with E-state index in [9.17, 15) is 14.0 Å². The first-order valence-electron chi connectivity index (χ1n) is 9.94. The minimum absolute atomic E-state index is 0.139. The van der Waals surface area contributed by atoms with E-state index in [1.165, 1.54) is 6.07 Å². The Bertz CT molecular complexity index is 868. The molecule has 1 fully saturated rings. The normalized spacial score (nSPS) is 15.0. The lowest BCUT2D eigenvalue weighted by atomic mass is 10.0. The third-order valence-electron chi connectivity index (χ3n) is 5.15. The number of nitrogens with zero attached hydrogens (tertiary/aromatic N) is 1. The number of carbonyl (C=O) groups is 2. The lowest BCUT2D eigenvalue weighted by Crippen LogP contribution is -2.38. The highest BCUT2D eigenvalue weighted by atomic mass is 79.9. The van der Waals surface area contributed by atoms with E-state index >= 15 is 0 Å². The lowest BCUT2D eigenvalue weighted by molar-refractivity contribution is -0.121. The van der Waals surface area contributed by atoms with E-state index in [1.807, 2.05) is 0 Å². The van der Waals surface area contributed by atoms with Gasteiger partial charge in [0.25, 0.3) is 5.91 Å². The van der Waals surface area contributed by atoms with E-state index in [0.717, 1.165) is 30.4 Å². The monoisotopic (exact) mass is 495 g/mol. The van der Waals surface area contributed by atoms with Crippen LogP contribution in [0.1, 0.15) is 41.2 Å². The zero-order valence-electron chi connectivity index (χ0n) is 16.5. The van der Waals surface area contributed by atoms with Crippen LogP contribution in [0.3, 0.4) is 0 Å². The van der Waals surface area contributed by atoms with Crippen molar-refractivity contribution in [3.8, 4) is 0 Å². The molecule has 0 bridgehead atoms. The molecule has 2 N–H and O–H groups in total. The van der Waals surface area contributed by atoms with Crippen molar-refractivity contribution >= 4 is 39.3 Å². The maximum atomic E-state index is 14.5. The van der Waals surface area contributed by atoms with Crippen LogP contribution in [0.4, 0.5) is 4.39 Å². The molecule has 2 aromatic rings. The van der Waals surface area contributed by atoms with Gasteiger partial charge in [0.15, 0.2) is 0 Å². The first kappa shape index (κ1) is 22.7. The Morgan fingerprint density at radius 1 is 1.10 bits per heavy atom. The molecule has 0 radical (unpaired) electrons. The van der Waals surface area contributed by atoms with Gasteiger partial charge in [0.1, 0.15) is 5.82 Å². The molecule has 5 nitrogen and oxygen atoms in total. The van der Waals surface area contributed by atoms with Gasteiger partial charge >= 0.3 is 0 Å². The van der Waals surface area contributed by atoms with Gasteiger partial charge in [0.2, 0.25) is 5.91 Å². The molecule has 1 saturated heterocycles. The second-order valence-corrected chi connectivity index (χ2v) is 8.53. The summed E-state index contributed by atoms with van der Waals surface area (Å²) in [7, 11) is 0. The smallest absolute Gasteiger partial charge is 0.251 e. The molecule has 0 spiro atoms. The highest BCUT2D eigenvalue weighted by Gasteiger charge is 2.28. The number of hydrogen-bond acceptors (Lipinski definition) is 3. The van der Waals surface area contributed by atoms with Crippen LogP contribution in [-0.4, -0.2) is 42.9 Å². The molecule has 0 saturated carbocycles. The highest BCUT2D eigenvalue weighted by Crippen LogP contribution is 2.31. The largest absolute Gasteiger partial charge is 0.354 e. The summed E-state index contributed by atoms with van der Waals surface area (Å²) in [5.41, 5.74) is 0.951. The number of carbonyl (C=O) groups excluding carboxylic acids is 2. The van der Waals surface area contributed by atoms with E-state index < -0.39 is 0 Å². The minimum Gasteiger partial charge on any atom is -0.354 e. The summed E-state index contributed by atoms with van der Waals surface area (Å²) in [6.45, 7) is 2.17. The van der Waals surface area contributed by atoms with Crippen molar-refractivity contribution in [3.63, 3.8) is 0 Å². The van der Waals surface area contributed by atoms with Gasteiger partial charge in [0, 0.05) is 40.1 Å². The number of nitrogens with one attached hydrogen (secondary N) is 2. The van der Waals surface area contributed by atoms with E-state index in [2.05, 4.69) is 31.5 Å². The van der Waals surface area contributed by atoms with Crippen molar-refractivity contribution in [2.75, 3.05) is 26.2 Å². The summed E-state index contributed by atoms with van der Waals surface area (Å²) in [6.07, 6.45) is 2.22. The van der Waals surface area contributed by atoms with Gasteiger partial charge in [-0.05, 0) is 62.3 Å². The van der Waals surface area contributed by atoms with Crippen LogP contribution in [0.15, 0.2) is 46.9 Å². The van der Waals surface area contributed by atoms with E-state index in [0.29, 0.717) is 16.1 Å². The lowest BCUT2D eigenvalue weighted by Gasteiger charge is -2.29. The van der Waals surface area contributed by atoms with Crippen molar-refractivity contribution in [1.29, 1.82) is 0 Å². The number of benzene rings is 2. The van der Waals surface area contributed by atoms with E-state index in [1.54, 1.807) is 36.4 Å². The van der Waals surface area contributed by atoms with Crippen molar-refractivity contribution in [1.82, 2.24) is 15.5 Å². The molecular formula is C22H24BrClFN3O2. The molecule has 1 heterocycles. The quantitative estimate of drug-likeness (QED) is 0.572. The number of rotatable bonds is 8. The van der Waals surface area contributed by atoms with Crippen molar-refractivity contribution in [2.45, 2.75) is 25.3 Å². The highest BCUT2D eigenvalue weighted by molar-refractivity contribution is 9.10. The summed E-state index contributed by atoms with van der Waals surface area (Å²) in [4.78, 5) is 26.6. The van der Waals surface area contributed by atoms with Crippen LogP contribution in [0.2, 0.25) is 5.02 Å². The second-order valence-electron chi connectivity index (χ2n) is 7.21. The van der Waals surface area contributed by atoms with Crippen LogP contribution < -0.4 is 10.6 Å². The van der Waals surface area contributed by atoms with Gasteiger partial charge in [-0.2, -0.15) is 0 Å². The van der Waals surface area contributed by atoms with Crippen molar-refractivity contribution in [2.24, 2.45) is 0 Å². The van der Waals surface area contributed by atoms with E-state index in [-0.39, 0.29) is 43.2 Å². The zero-order chi connectivity index (χ0) is 21.5. The van der Waals surface area contributed by atoms with Gasteiger partial charge in [-0.15, -0.1) is 0 Å². The Morgan fingerprint density at radius 2 is 1.80 bits per heavy atom. The Kier molecular flexibility index (Phi) is 8.24. The average Bonchev–Trinajstić information content (AvgIpc) is 3.25. The van der Waals surface area contributed by atoms with Crippen LogP contribution in [0, 0.1) is 5.82 Å². The summed E-state index contributed by atoms with van der Waals surface area (Å²) >= 11 is 9.60. The number of likely N-dealkylation sites (tertiary alicyclic amines) is 1. The fraction of sp³-hybridized carbons (Fsp3) is 0.364. The Hall–Kier alpha value is -1.96. The second kappa shape index (κ2) is 10.9. The molecular weight excluding hydrogens is 473 g/mol. The summed E-state index contributed by atoms with van der Waals surface area (Å²) < 4.78 is 15.4. The number of halogens is 3. The Balaban J connectivity index is 1.53. The molecule has 1 atom stereocenters. The van der Waals surface area contributed by atoms with Gasteiger partial charge in [0.05, 0.1) is 6.04 Å². The third-order valence-corrected chi connectivity index (χ3v) is 6.01. The van der Waals surface area contributed by atoms with E-state index in [4.69, 9.17) is 11.6 Å². The zero-order valence-corrected chi connectivity index (χ0v) is 18.8. The summed E-state index contributed by atoms with van der Waals surface area (Å²) in [5, 5.41) is 5.97. The summed E-state index contributed by atoms with van der Waals surface area (Å²) in [5.74, 6) is -0.804. The Morgan fingerprint density at radius 3 is 2.47 bits per heavy atom. The standard InChI is InChI=1S/C22H24BrClFN3O2/c23-16-8-6-15(7-9-16)22(30)26-11-10-20(29)27-14-19(28-12-1-2-13-28)21-17(24)4-3-5-18(21)25/h3-9,19H,1-2,10-14H2,(H,26,30)(H,27,29). The van der Waals surface area contributed by atoms with Gasteiger partial charge in [-0.1, -0.05) is 33.6 Å². The van der Waals surface area contributed by atoms with Crippen molar-refractivity contribution in [3.05, 3.63) is 68.9 Å². The SMILES string of the molecule is O=C(CCNC(=O)c1ccc(Br)cc1)NCC(c1c(F)cccc1Cl)N1CCCC1. The maximum absolute atomic E-state index is 14.5. The molecule has 1 unspecified atom stereocenters. The predicted molar refractivity (Wildman–Crippen MR) is 119 cm³/mol. The topological polar surface area (TPSA) is 61.4 Å². The first-order chi connectivity index (χ1) is 14.5. The molecule has 2 amide bonds. The fourth-order valence-corrected chi connectivity index (χ4v) is 4.14. The van der Waals surface area contributed by atoms with Crippen LogP contribution in [0.5, 0.6) is 0 Å². The van der Waals surface area contributed by atoms with Crippen LogP contribution in [-0.2, 0) is 4.79 Å². The number of amides is 2. The van der Waals surface area contributed by atoms with Crippen molar-refractivity contribution < 1.29 is 14.0 Å². The minimum atomic E-state index is -0.365. The molecule has 30 heavy (non-hydrogen) atoms. The van der Waals surface area contributed by atoms with Crippen LogP contribution >= 0.6 is 27.5 Å². The first-order valence-corrected chi connectivity index (χ1v) is 11.1. The molecule has 1 aliphatic rings. The fourth-order valence-electron chi connectivity index (χ4n) is 3.59. The van der Waals surface area contributed by atoms with Gasteiger partial charge < -0.3 is 10.6 Å². The molecule has 160 valence electrons. The molecule has 0 aromatic heterocycles. The van der Waals surface area contributed by atoms with Crippen LogP contribution in [0.25, 0.3) is 0 Å². The van der Waals surface area contributed by atoms with Gasteiger partial charge in [-0.25, -0.2) is 4.39 Å². The molecule has 0 aliphatic carbocycles. The molecule has 8 heteroatoms. The maximum Gasteiger partial charge on any atom is 0.251 e.